The zero-order valence-electron chi connectivity index (χ0n) is 11.3. The van der Waals surface area contributed by atoms with Crippen LogP contribution in [0, 0.1) is 16.7 Å². The molecule has 0 radical (unpaired) electrons. The van der Waals surface area contributed by atoms with Gasteiger partial charge in [0.2, 0.25) is 0 Å². The quantitative estimate of drug-likeness (QED) is 0.727. The SMILES string of the molecule is C[C@@H]1CCC[C@H](C)N1CCCC(C)(C)C#N. The van der Waals surface area contributed by atoms with Gasteiger partial charge in [-0.2, -0.15) is 5.26 Å². The molecule has 0 N–H and O–H groups in total. The van der Waals surface area contributed by atoms with Crippen LogP contribution in [0.4, 0.5) is 0 Å². The Hall–Kier alpha value is -0.550. The van der Waals surface area contributed by atoms with E-state index in [9.17, 15) is 0 Å². The predicted octanol–water partition coefficient (Wildman–Crippen LogP) is 3.58. The fourth-order valence-corrected chi connectivity index (χ4v) is 2.67. The predicted molar refractivity (Wildman–Crippen MR) is 68.1 cm³/mol. The van der Waals surface area contributed by atoms with E-state index >= 15 is 0 Å². The standard InChI is InChI=1S/C14H26N2/c1-12-7-5-8-13(2)16(12)10-6-9-14(3,4)11-15/h12-13H,5-10H2,1-4H3/t12-,13+. The average Bonchev–Trinajstić information content (AvgIpc) is 2.22. The number of piperidine rings is 1. The van der Waals surface area contributed by atoms with Gasteiger partial charge in [-0.15, -0.1) is 0 Å². The van der Waals surface area contributed by atoms with Crippen molar-refractivity contribution in [2.24, 2.45) is 5.41 Å². The van der Waals surface area contributed by atoms with E-state index < -0.39 is 0 Å². The smallest absolute Gasteiger partial charge is 0.0683 e. The number of rotatable bonds is 4. The van der Waals surface area contributed by atoms with Crippen molar-refractivity contribution in [2.45, 2.75) is 71.9 Å². The van der Waals surface area contributed by atoms with Gasteiger partial charge in [-0.25, -0.2) is 0 Å². The molecule has 92 valence electrons. The monoisotopic (exact) mass is 222 g/mol. The van der Waals surface area contributed by atoms with Crippen LogP contribution >= 0.6 is 0 Å². The van der Waals surface area contributed by atoms with Gasteiger partial charge in [0.25, 0.3) is 0 Å². The van der Waals surface area contributed by atoms with E-state index in [1.807, 2.05) is 13.8 Å². The van der Waals surface area contributed by atoms with Crippen molar-refractivity contribution in [2.75, 3.05) is 6.54 Å². The minimum Gasteiger partial charge on any atom is -0.298 e. The zero-order chi connectivity index (χ0) is 12.2. The Labute approximate surface area is 101 Å². The van der Waals surface area contributed by atoms with Crippen molar-refractivity contribution in [3.05, 3.63) is 0 Å². The summed E-state index contributed by atoms with van der Waals surface area (Å²) in [6.07, 6.45) is 6.22. The minimum atomic E-state index is -0.151. The Morgan fingerprint density at radius 1 is 1.25 bits per heavy atom. The summed E-state index contributed by atoms with van der Waals surface area (Å²) in [6, 6.07) is 3.84. The number of nitrogens with zero attached hydrogens (tertiary/aromatic N) is 2. The lowest BCUT2D eigenvalue weighted by Crippen LogP contribution is -2.44. The molecule has 0 aromatic rings. The molecule has 1 fully saturated rings. The van der Waals surface area contributed by atoms with Gasteiger partial charge in [0.1, 0.15) is 0 Å². The van der Waals surface area contributed by atoms with Gasteiger partial charge < -0.3 is 0 Å². The fraction of sp³-hybridized carbons (Fsp3) is 0.929. The van der Waals surface area contributed by atoms with Crippen molar-refractivity contribution in [3.8, 4) is 6.07 Å². The summed E-state index contributed by atoms with van der Waals surface area (Å²) >= 11 is 0. The van der Waals surface area contributed by atoms with E-state index in [1.165, 1.54) is 19.3 Å². The molecule has 1 rings (SSSR count). The van der Waals surface area contributed by atoms with Gasteiger partial charge >= 0.3 is 0 Å². The maximum atomic E-state index is 8.97. The van der Waals surface area contributed by atoms with Crippen LogP contribution in [0.5, 0.6) is 0 Å². The number of nitriles is 1. The lowest BCUT2D eigenvalue weighted by molar-refractivity contribution is 0.0987. The third kappa shape index (κ3) is 3.79. The second-order valence-electron chi connectivity index (χ2n) is 5.97. The van der Waals surface area contributed by atoms with Gasteiger partial charge in [0.15, 0.2) is 0 Å². The molecule has 0 aromatic carbocycles. The highest BCUT2D eigenvalue weighted by molar-refractivity contribution is 4.91. The van der Waals surface area contributed by atoms with Gasteiger partial charge in [0, 0.05) is 12.1 Å². The molecular weight excluding hydrogens is 196 g/mol. The summed E-state index contributed by atoms with van der Waals surface area (Å²) in [5.41, 5.74) is -0.151. The fourth-order valence-electron chi connectivity index (χ4n) is 2.67. The van der Waals surface area contributed by atoms with Crippen LogP contribution in [0.25, 0.3) is 0 Å². The normalized spacial score (nSPS) is 27.7. The van der Waals surface area contributed by atoms with Crippen LogP contribution in [0.2, 0.25) is 0 Å². The third-order valence-electron chi connectivity index (χ3n) is 3.90. The van der Waals surface area contributed by atoms with E-state index in [4.69, 9.17) is 5.26 Å². The molecule has 1 saturated heterocycles. The number of hydrogen-bond acceptors (Lipinski definition) is 2. The van der Waals surface area contributed by atoms with Crippen LogP contribution in [0.3, 0.4) is 0 Å². The van der Waals surface area contributed by atoms with Gasteiger partial charge in [0.05, 0.1) is 11.5 Å². The Bertz CT molecular complexity index is 242. The first-order valence-electron chi connectivity index (χ1n) is 6.63. The highest BCUT2D eigenvalue weighted by Gasteiger charge is 2.25. The molecule has 0 saturated carbocycles. The van der Waals surface area contributed by atoms with E-state index in [1.54, 1.807) is 0 Å². The first-order valence-corrected chi connectivity index (χ1v) is 6.63. The zero-order valence-corrected chi connectivity index (χ0v) is 11.3. The van der Waals surface area contributed by atoms with Gasteiger partial charge in [-0.3, -0.25) is 4.90 Å². The van der Waals surface area contributed by atoms with Crippen molar-refractivity contribution < 1.29 is 0 Å². The number of hydrogen-bond donors (Lipinski definition) is 0. The summed E-state index contributed by atoms with van der Waals surface area (Å²) < 4.78 is 0. The molecule has 1 aliphatic rings. The summed E-state index contributed by atoms with van der Waals surface area (Å²) in [5, 5.41) is 8.97. The van der Waals surface area contributed by atoms with E-state index in [2.05, 4.69) is 24.8 Å². The maximum absolute atomic E-state index is 8.97. The molecule has 0 unspecified atom stereocenters. The maximum Gasteiger partial charge on any atom is 0.0683 e. The Kier molecular flexibility index (Phi) is 4.80. The molecule has 1 aliphatic heterocycles. The molecule has 0 bridgehead atoms. The van der Waals surface area contributed by atoms with E-state index in [-0.39, 0.29) is 5.41 Å². The van der Waals surface area contributed by atoms with Crippen molar-refractivity contribution in [1.82, 2.24) is 4.90 Å². The summed E-state index contributed by atoms with van der Waals surface area (Å²) in [5.74, 6) is 0. The number of likely N-dealkylation sites (tertiary alicyclic amines) is 1. The highest BCUT2D eigenvalue weighted by atomic mass is 15.2. The molecule has 2 nitrogen and oxygen atoms in total. The van der Waals surface area contributed by atoms with Gasteiger partial charge in [-0.1, -0.05) is 6.42 Å². The lowest BCUT2D eigenvalue weighted by Gasteiger charge is -2.39. The molecule has 0 aromatic heterocycles. The molecule has 0 aliphatic carbocycles. The minimum absolute atomic E-state index is 0.151. The van der Waals surface area contributed by atoms with Crippen LogP contribution in [0.15, 0.2) is 0 Å². The van der Waals surface area contributed by atoms with Crippen LogP contribution < -0.4 is 0 Å². The van der Waals surface area contributed by atoms with Crippen molar-refractivity contribution in [1.29, 1.82) is 5.26 Å². The Morgan fingerprint density at radius 3 is 2.31 bits per heavy atom. The molecule has 2 heteroatoms. The second-order valence-corrected chi connectivity index (χ2v) is 5.97. The highest BCUT2D eigenvalue weighted by Crippen LogP contribution is 2.25. The van der Waals surface area contributed by atoms with Crippen molar-refractivity contribution in [3.63, 3.8) is 0 Å². The van der Waals surface area contributed by atoms with Crippen LogP contribution in [-0.4, -0.2) is 23.5 Å². The Balaban J connectivity index is 2.34. The second kappa shape index (κ2) is 5.68. The summed E-state index contributed by atoms with van der Waals surface area (Å²) in [7, 11) is 0. The first-order chi connectivity index (χ1) is 7.46. The Morgan fingerprint density at radius 2 is 1.81 bits per heavy atom. The summed E-state index contributed by atoms with van der Waals surface area (Å²) in [4.78, 5) is 2.62. The average molecular weight is 222 g/mol. The summed E-state index contributed by atoms with van der Waals surface area (Å²) in [6.45, 7) is 9.91. The molecule has 0 amide bonds. The van der Waals surface area contributed by atoms with Gasteiger partial charge in [-0.05, 0) is 59.9 Å². The molecule has 0 spiro atoms. The molecule has 2 atom stereocenters. The first kappa shape index (κ1) is 13.5. The molecular formula is C14H26N2. The largest absolute Gasteiger partial charge is 0.298 e. The topological polar surface area (TPSA) is 27.0 Å². The van der Waals surface area contributed by atoms with E-state index in [0.717, 1.165) is 31.5 Å². The van der Waals surface area contributed by atoms with Crippen molar-refractivity contribution >= 4 is 0 Å². The third-order valence-corrected chi connectivity index (χ3v) is 3.90. The van der Waals surface area contributed by atoms with Crippen LogP contribution in [-0.2, 0) is 0 Å². The van der Waals surface area contributed by atoms with E-state index in [0.29, 0.717) is 0 Å². The van der Waals surface area contributed by atoms with Crippen LogP contribution in [0.1, 0.15) is 59.8 Å². The molecule has 1 heterocycles. The molecule has 16 heavy (non-hydrogen) atoms. The lowest BCUT2D eigenvalue weighted by atomic mass is 9.89.